The van der Waals surface area contributed by atoms with Crippen molar-refractivity contribution in [3.8, 4) is 0 Å². The lowest BCUT2D eigenvalue weighted by atomic mass is 10.0. The Morgan fingerprint density at radius 2 is 2.21 bits per heavy atom. The van der Waals surface area contributed by atoms with E-state index in [1.807, 2.05) is 23.5 Å². The summed E-state index contributed by atoms with van der Waals surface area (Å²) in [7, 11) is 0. The van der Waals surface area contributed by atoms with E-state index in [1.165, 1.54) is 0 Å². The lowest BCUT2D eigenvalue weighted by Crippen LogP contribution is -2.37. The van der Waals surface area contributed by atoms with Gasteiger partial charge in [-0.15, -0.1) is 11.8 Å². The van der Waals surface area contributed by atoms with Crippen LogP contribution in [0.1, 0.15) is 37.2 Å². The van der Waals surface area contributed by atoms with E-state index in [-0.39, 0.29) is 0 Å². The molecule has 3 rings (SSSR count). The van der Waals surface area contributed by atoms with E-state index in [0.29, 0.717) is 34.9 Å². The Hall–Kier alpha value is -0.240. The molecule has 2 aliphatic heterocycles. The van der Waals surface area contributed by atoms with E-state index < -0.39 is 5.54 Å². The maximum atomic E-state index is 6.24. The Kier molecular flexibility index (Phi) is 3.81. The van der Waals surface area contributed by atoms with Crippen molar-refractivity contribution in [2.45, 2.75) is 41.6 Å². The van der Waals surface area contributed by atoms with Gasteiger partial charge in [-0.3, -0.25) is 0 Å². The molecule has 0 bridgehead atoms. The molecule has 0 spiro atoms. The summed E-state index contributed by atoms with van der Waals surface area (Å²) in [5.41, 5.74) is 5.65. The summed E-state index contributed by atoms with van der Waals surface area (Å²) in [4.78, 5) is 4.53. The summed E-state index contributed by atoms with van der Waals surface area (Å²) >= 11 is 3.90. The Balaban J connectivity index is 1.74. The second-order valence-corrected chi connectivity index (χ2v) is 8.28. The number of ether oxygens (including phenoxy) is 1. The normalized spacial score (nSPS) is 39.6. The lowest BCUT2D eigenvalue weighted by molar-refractivity contribution is 0.166. The van der Waals surface area contributed by atoms with Crippen LogP contribution in [0.2, 0.25) is 0 Å². The highest BCUT2D eigenvalue weighted by molar-refractivity contribution is 8.07. The van der Waals surface area contributed by atoms with Crippen molar-refractivity contribution >= 4 is 23.5 Å². The van der Waals surface area contributed by atoms with E-state index in [9.17, 15) is 0 Å². The first-order valence-corrected chi connectivity index (χ1v) is 8.55. The minimum atomic E-state index is -0.587. The van der Waals surface area contributed by atoms with Gasteiger partial charge in [0.2, 0.25) is 5.89 Å². The molecule has 5 nitrogen and oxygen atoms in total. The summed E-state index contributed by atoms with van der Waals surface area (Å²) in [6, 6.07) is 0. The molecule has 0 aromatic carbocycles. The lowest BCUT2D eigenvalue weighted by Gasteiger charge is -2.29. The van der Waals surface area contributed by atoms with Crippen LogP contribution in [0.3, 0.4) is 0 Å². The standard InChI is InChI=1S/C12H19N3O2S2/c1-7-8(2)19-9(5-18-7)10-14-11(17-15-10)12(13)3-4-16-6-12/h7-9H,3-6,13H2,1-2H3. The molecule has 2 aliphatic rings. The Morgan fingerprint density at radius 1 is 1.37 bits per heavy atom. The van der Waals surface area contributed by atoms with E-state index in [1.54, 1.807) is 0 Å². The number of nitrogens with two attached hydrogens (primary N) is 1. The van der Waals surface area contributed by atoms with Gasteiger partial charge in [-0.2, -0.15) is 16.7 Å². The van der Waals surface area contributed by atoms with E-state index >= 15 is 0 Å². The van der Waals surface area contributed by atoms with Crippen LogP contribution in [0, 0.1) is 0 Å². The minimum absolute atomic E-state index is 0.305. The quantitative estimate of drug-likeness (QED) is 0.894. The Bertz CT molecular complexity index is 448. The topological polar surface area (TPSA) is 74.2 Å². The van der Waals surface area contributed by atoms with Crippen molar-refractivity contribution < 1.29 is 9.26 Å². The second-order valence-electron chi connectivity index (χ2n) is 5.28. The molecule has 3 heterocycles. The van der Waals surface area contributed by atoms with Gasteiger partial charge in [0.15, 0.2) is 5.82 Å². The first-order valence-electron chi connectivity index (χ1n) is 6.56. The molecule has 0 radical (unpaired) electrons. The average Bonchev–Trinajstić information content (AvgIpc) is 3.02. The molecule has 0 amide bonds. The molecule has 106 valence electrons. The number of thioether (sulfide) groups is 2. The fourth-order valence-corrected chi connectivity index (χ4v) is 5.07. The van der Waals surface area contributed by atoms with Gasteiger partial charge in [0, 0.05) is 22.9 Å². The first kappa shape index (κ1) is 13.7. The average molecular weight is 301 g/mol. The largest absolute Gasteiger partial charge is 0.379 e. The van der Waals surface area contributed by atoms with Gasteiger partial charge < -0.3 is 15.0 Å². The maximum Gasteiger partial charge on any atom is 0.249 e. The number of nitrogens with zero attached hydrogens (tertiary/aromatic N) is 2. The zero-order chi connectivity index (χ0) is 13.5. The zero-order valence-corrected chi connectivity index (χ0v) is 12.8. The highest BCUT2D eigenvalue weighted by Crippen LogP contribution is 2.43. The molecule has 7 heteroatoms. The smallest absolute Gasteiger partial charge is 0.249 e. The van der Waals surface area contributed by atoms with Crippen LogP contribution < -0.4 is 5.73 Å². The van der Waals surface area contributed by atoms with Crippen LogP contribution in [0.15, 0.2) is 4.52 Å². The molecule has 2 fully saturated rings. The van der Waals surface area contributed by atoms with Crippen LogP contribution in [0.4, 0.5) is 0 Å². The van der Waals surface area contributed by atoms with Crippen molar-refractivity contribution in [1.29, 1.82) is 0 Å². The molecular formula is C12H19N3O2S2. The van der Waals surface area contributed by atoms with Crippen LogP contribution in [0.5, 0.6) is 0 Å². The van der Waals surface area contributed by atoms with E-state index in [4.69, 9.17) is 15.0 Å². The van der Waals surface area contributed by atoms with Crippen LogP contribution in [-0.2, 0) is 10.3 Å². The van der Waals surface area contributed by atoms with Gasteiger partial charge in [0.1, 0.15) is 5.54 Å². The molecule has 1 aromatic heterocycles. The summed E-state index contributed by atoms with van der Waals surface area (Å²) < 4.78 is 10.7. The third-order valence-corrected chi connectivity index (χ3v) is 7.14. The predicted octanol–water partition coefficient (Wildman–Crippen LogP) is 1.94. The Morgan fingerprint density at radius 3 is 2.89 bits per heavy atom. The summed E-state index contributed by atoms with van der Waals surface area (Å²) in [5.74, 6) is 2.34. The van der Waals surface area contributed by atoms with Crippen LogP contribution >= 0.6 is 23.5 Å². The van der Waals surface area contributed by atoms with Gasteiger partial charge in [-0.1, -0.05) is 19.0 Å². The molecule has 2 N–H and O–H groups in total. The van der Waals surface area contributed by atoms with Crippen molar-refractivity contribution in [3.05, 3.63) is 11.7 Å². The third kappa shape index (κ3) is 2.66. The van der Waals surface area contributed by atoms with Crippen molar-refractivity contribution in [2.24, 2.45) is 5.73 Å². The predicted molar refractivity (Wildman–Crippen MR) is 77.3 cm³/mol. The zero-order valence-electron chi connectivity index (χ0n) is 11.2. The minimum Gasteiger partial charge on any atom is -0.379 e. The SMILES string of the molecule is CC1SCC(c2noc(C3(N)CCOC3)n2)SC1C. The molecule has 19 heavy (non-hydrogen) atoms. The summed E-state index contributed by atoms with van der Waals surface area (Å²) in [6.45, 7) is 5.65. The molecule has 0 saturated carbocycles. The highest BCUT2D eigenvalue weighted by atomic mass is 32.2. The highest BCUT2D eigenvalue weighted by Gasteiger charge is 2.39. The number of hydrogen-bond acceptors (Lipinski definition) is 7. The van der Waals surface area contributed by atoms with Gasteiger partial charge in [0.05, 0.1) is 11.9 Å². The number of hydrogen-bond donors (Lipinski definition) is 1. The van der Waals surface area contributed by atoms with Crippen molar-refractivity contribution in [1.82, 2.24) is 10.1 Å². The monoisotopic (exact) mass is 301 g/mol. The maximum absolute atomic E-state index is 6.24. The molecule has 1 aromatic rings. The van der Waals surface area contributed by atoms with E-state index in [0.717, 1.165) is 18.0 Å². The molecular weight excluding hydrogens is 282 g/mol. The summed E-state index contributed by atoms with van der Waals surface area (Å²) in [6.07, 6.45) is 0.745. The van der Waals surface area contributed by atoms with Gasteiger partial charge >= 0.3 is 0 Å². The fraction of sp³-hybridized carbons (Fsp3) is 0.833. The molecule has 4 atom stereocenters. The molecule has 4 unspecified atom stereocenters. The Labute approximate surface area is 121 Å². The fourth-order valence-electron chi connectivity index (χ4n) is 2.24. The summed E-state index contributed by atoms with van der Waals surface area (Å²) in [5, 5.41) is 5.72. The number of rotatable bonds is 2. The van der Waals surface area contributed by atoms with Crippen molar-refractivity contribution in [2.75, 3.05) is 19.0 Å². The van der Waals surface area contributed by atoms with Gasteiger partial charge in [-0.05, 0) is 6.42 Å². The van der Waals surface area contributed by atoms with Crippen LogP contribution in [-0.4, -0.2) is 39.6 Å². The van der Waals surface area contributed by atoms with Gasteiger partial charge in [-0.25, -0.2) is 0 Å². The van der Waals surface area contributed by atoms with Crippen LogP contribution in [0.25, 0.3) is 0 Å². The third-order valence-electron chi connectivity index (χ3n) is 3.76. The van der Waals surface area contributed by atoms with E-state index in [2.05, 4.69) is 24.0 Å². The number of aromatic nitrogens is 2. The first-order chi connectivity index (χ1) is 9.08. The molecule has 2 saturated heterocycles. The molecule has 0 aliphatic carbocycles. The second kappa shape index (κ2) is 5.27. The van der Waals surface area contributed by atoms with Crippen molar-refractivity contribution in [3.63, 3.8) is 0 Å². The van der Waals surface area contributed by atoms with Gasteiger partial charge in [0.25, 0.3) is 0 Å².